The van der Waals surface area contributed by atoms with Gasteiger partial charge >= 0.3 is 0 Å². The molecular formula is C12H25NO2. The molecule has 15 heavy (non-hydrogen) atoms. The quantitative estimate of drug-likeness (QED) is 0.754. The number of hydrogen-bond acceptors (Lipinski definition) is 3. The summed E-state index contributed by atoms with van der Waals surface area (Å²) in [5.74, 6) is 0. The fourth-order valence-corrected chi connectivity index (χ4v) is 2.26. The Labute approximate surface area is 93.4 Å². The molecule has 90 valence electrons. The Balaban J connectivity index is 2.57. The van der Waals surface area contributed by atoms with Gasteiger partial charge in [-0.2, -0.15) is 0 Å². The standard InChI is InChI=1S/C12H25NO2/c1-4-13(11(2)3)9-12(10-14)5-7-15-8-6-12/h11,14H,4-10H2,1-3H3. The lowest BCUT2D eigenvalue weighted by Crippen LogP contribution is -2.46. The van der Waals surface area contributed by atoms with Crippen molar-refractivity contribution in [2.24, 2.45) is 5.41 Å². The molecule has 3 nitrogen and oxygen atoms in total. The molecule has 1 saturated heterocycles. The maximum Gasteiger partial charge on any atom is 0.0501 e. The van der Waals surface area contributed by atoms with E-state index in [-0.39, 0.29) is 5.41 Å². The van der Waals surface area contributed by atoms with Crippen LogP contribution in [0.5, 0.6) is 0 Å². The maximum atomic E-state index is 9.59. The summed E-state index contributed by atoms with van der Waals surface area (Å²) in [4.78, 5) is 2.43. The van der Waals surface area contributed by atoms with Crippen molar-refractivity contribution >= 4 is 0 Å². The van der Waals surface area contributed by atoms with Gasteiger partial charge in [-0.3, -0.25) is 0 Å². The van der Waals surface area contributed by atoms with Crippen LogP contribution in [-0.4, -0.2) is 49.0 Å². The SMILES string of the molecule is CCN(CC1(CO)CCOCC1)C(C)C. The summed E-state index contributed by atoms with van der Waals surface area (Å²) in [6.07, 6.45) is 1.99. The van der Waals surface area contributed by atoms with Crippen LogP contribution < -0.4 is 0 Å². The highest BCUT2D eigenvalue weighted by molar-refractivity contribution is 4.85. The lowest BCUT2D eigenvalue weighted by atomic mass is 9.80. The van der Waals surface area contributed by atoms with Crippen molar-refractivity contribution in [2.45, 2.75) is 39.7 Å². The fourth-order valence-electron chi connectivity index (χ4n) is 2.26. The third-order valence-corrected chi connectivity index (χ3v) is 3.56. The van der Waals surface area contributed by atoms with Crippen LogP contribution in [-0.2, 0) is 4.74 Å². The van der Waals surface area contributed by atoms with E-state index in [0.717, 1.165) is 39.1 Å². The van der Waals surface area contributed by atoms with E-state index in [0.29, 0.717) is 12.6 Å². The Morgan fingerprint density at radius 2 is 1.93 bits per heavy atom. The van der Waals surface area contributed by atoms with Gasteiger partial charge in [0.2, 0.25) is 0 Å². The first-order valence-electron chi connectivity index (χ1n) is 6.06. The molecule has 0 bridgehead atoms. The number of rotatable bonds is 5. The number of hydrogen-bond donors (Lipinski definition) is 1. The topological polar surface area (TPSA) is 32.7 Å². The summed E-state index contributed by atoms with van der Waals surface area (Å²) >= 11 is 0. The van der Waals surface area contributed by atoms with Crippen LogP contribution in [0.25, 0.3) is 0 Å². The van der Waals surface area contributed by atoms with Gasteiger partial charge in [0.25, 0.3) is 0 Å². The third-order valence-electron chi connectivity index (χ3n) is 3.56. The molecule has 0 aromatic heterocycles. The zero-order valence-electron chi connectivity index (χ0n) is 10.3. The Morgan fingerprint density at radius 3 is 2.33 bits per heavy atom. The van der Waals surface area contributed by atoms with Crippen molar-refractivity contribution < 1.29 is 9.84 Å². The second kappa shape index (κ2) is 5.83. The van der Waals surface area contributed by atoms with Crippen LogP contribution >= 0.6 is 0 Å². The molecule has 0 spiro atoms. The summed E-state index contributed by atoms with van der Waals surface area (Å²) in [6.45, 7) is 10.6. The molecule has 1 N–H and O–H groups in total. The van der Waals surface area contributed by atoms with Crippen molar-refractivity contribution in [1.82, 2.24) is 4.90 Å². The molecule has 0 amide bonds. The molecule has 0 saturated carbocycles. The van der Waals surface area contributed by atoms with Gasteiger partial charge in [-0.05, 0) is 33.2 Å². The van der Waals surface area contributed by atoms with Crippen molar-refractivity contribution in [3.63, 3.8) is 0 Å². The summed E-state index contributed by atoms with van der Waals surface area (Å²) in [5, 5.41) is 9.59. The van der Waals surface area contributed by atoms with Gasteiger partial charge in [0.1, 0.15) is 0 Å². The van der Waals surface area contributed by atoms with Gasteiger partial charge in [0, 0.05) is 31.2 Å². The minimum Gasteiger partial charge on any atom is -0.396 e. The van der Waals surface area contributed by atoms with E-state index in [1.54, 1.807) is 0 Å². The predicted molar refractivity (Wildman–Crippen MR) is 62.0 cm³/mol. The first kappa shape index (κ1) is 12.9. The molecule has 3 heteroatoms. The van der Waals surface area contributed by atoms with Crippen LogP contribution in [0.2, 0.25) is 0 Å². The smallest absolute Gasteiger partial charge is 0.0501 e. The first-order chi connectivity index (χ1) is 7.13. The molecule has 0 radical (unpaired) electrons. The molecule has 1 heterocycles. The van der Waals surface area contributed by atoms with E-state index in [2.05, 4.69) is 25.7 Å². The first-order valence-corrected chi connectivity index (χ1v) is 6.06. The molecule has 0 atom stereocenters. The lowest BCUT2D eigenvalue weighted by molar-refractivity contribution is -0.0378. The Bertz CT molecular complexity index is 176. The van der Waals surface area contributed by atoms with E-state index in [9.17, 15) is 5.11 Å². The van der Waals surface area contributed by atoms with Crippen LogP contribution in [0, 0.1) is 5.41 Å². The zero-order valence-corrected chi connectivity index (χ0v) is 10.3. The van der Waals surface area contributed by atoms with Gasteiger partial charge in [-0.25, -0.2) is 0 Å². The van der Waals surface area contributed by atoms with Crippen molar-refractivity contribution in [2.75, 3.05) is 32.9 Å². The van der Waals surface area contributed by atoms with Crippen LogP contribution in [0.1, 0.15) is 33.6 Å². The minimum absolute atomic E-state index is 0.0819. The molecule has 0 aliphatic carbocycles. The minimum atomic E-state index is 0.0819. The van der Waals surface area contributed by atoms with Crippen molar-refractivity contribution in [3.05, 3.63) is 0 Å². The maximum absolute atomic E-state index is 9.59. The van der Waals surface area contributed by atoms with Gasteiger partial charge in [-0.1, -0.05) is 6.92 Å². The number of ether oxygens (including phenoxy) is 1. The molecule has 0 unspecified atom stereocenters. The molecule has 0 aromatic rings. The highest BCUT2D eigenvalue weighted by Crippen LogP contribution is 2.31. The molecular weight excluding hydrogens is 190 g/mol. The fraction of sp³-hybridized carbons (Fsp3) is 1.00. The van der Waals surface area contributed by atoms with Gasteiger partial charge in [0.15, 0.2) is 0 Å². The van der Waals surface area contributed by atoms with E-state index < -0.39 is 0 Å². The van der Waals surface area contributed by atoms with E-state index in [1.165, 1.54) is 0 Å². The third kappa shape index (κ3) is 3.44. The summed E-state index contributed by atoms with van der Waals surface area (Å²) in [6, 6.07) is 0.557. The largest absolute Gasteiger partial charge is 0.396 e. The van der Waals surface area contributed by atoms with Crippen LogP contribution in [0.15, 0.2) is 0 Å². The van der Waals surface area contributed by atoms with E-state index in [1.807, 2.05) is 0 Å². The Kier molecular flexibility index (Phi) is 5.03. The Hall–Kier alpha value is -0.120. The second-order valence-electron chi connectivity index (χ2n) is 4.93. The summed E-state index contributed by atoms with van der Waals surface area (Å²) in [7, 11) is 0. The highest BCUT2D eigenvalue weighted by atomic mass is 16.5. The van der Waals surface area contributed by atoms with Gasteiger partial charge in [-0.15, -0.1) is 0 Å². The van der Waals surface area contributed by atoms with Crippen molar-refractivity contribution in [3.8, 4) is 0 Å². The number of aliphatic hydroxyl groups is 1. The number of aliphatic hydroxyl groups excluding tert-OH is 1. The van der Waals surface area contributed by atoms with Gasteiger partial charge in [0.05, 0.1) is 6.61 Å². The Morgan fingerprint density at radius 1 is 1.33 bits per heavy atom. The van der Waals surface area contributed by atoms with E-state index >= 15 is 0 Å². The predicted octanol–water partition coefficient (Wildman–Crippen LogP) is 1.51. The monoisotopic (exact) mass is 215 g/mol. The normalized spacial score (nSPS) is 21.2. The van der Waals surface area contributed by atoms with Crippen LogP contribution in [0.3, 0.4) is 0 Å². The average Bonchev–Trinajstić information content (AvgIpc) is 2.27. The summed E-state index contributed by atoms with van der Waals surface area (Å²) in [5.41, 5.74) is 0.0819. The van der Waals surface area contributed by atoms with Crippen molar-refractivity contribution in [1.29, 1.82) is 0 Å². The molecule has 0 aromatic carbocycles. The zero-order chi connectivity index (χ0) is 11.3. The second-order valence-corrected chi connectivity index (χ2v) is 4.93. The number of nitrogens with zero attached hydrogens (tertiary/aromatic N) is 1. The molecule has 1 aliphatic rings. The molecule has 1 rings (SSSR count). The van der Waals surface area contributed by atoms with Gasteiger partial charge < -0.3 is 14.7 Å². The summed E-state index contributed by atoms with van der Waals surface area (Å²) < 4.78 is 5.37. The molecule has 1 aliphatic heterocycles. The highest BCUT2D eigenvalue weighted by Gasteiger charge is 2.34. The lowest BCUT2D eigenvalue weighted by Gasteiger charge is -2.40. The molecule has 1 fully saturated rings. The average molecular weight is 215 g/mol. The van der Waals surface area contributed by atoms with E-state index in [4.69, 9.17) is 4.74 Å². The van der Waals surface area contributed by atoms with Crippen LogP contribution in [0.4, 0.5) is 0 Å².